The van der Waals surface area contributed by atoms with Crippen LogP contribution in [0.3, 0.4) is 0 Å². The van der Waals surface area contributed by atoms with Crippen molar-refractivity contribution in [3.05, 3.63) is 61.1 Å². The second-order valence-corrected chi connectivity index (χ2v) is 9.55. The van der Waals surface area contributed by atoms with E-state index < -0.39 is 5.83 Å². The minimum absolute atomic E-state index is 0.00360. The summed E-state index contributed by atoms with van der Waals surface area (Å²) in [6.07, 6.45) is 9.96. The lowest BCUT2D eigenvalue weighted by molar-refractivity contribution is -0.108. The molecule has 0 bridgehead atoms. The van der Waals surface area contributed by atoms with Crippen molar-refractivity contribution in [2.24, 2.45) is 0 Å². The molecule has 2 aliphatic rings. The normalized spacial score (nSPS) is 17.4. The predicted molar refractivity (Wildman–Crippen MR) is 145 cm³/mol. The SMILES string of the molecule is C=C/C=C(/NC(=O)N1CCC(N(C=O)c2ccccc2N(C)CCCN2CCCCC2)CC1)C(=C)F. The van der Waals surface area contributed by atoms with Crippen LogP contribution < -0.4 is 15.1 Å². The van der Waals surface area contributed by atoms with E-state index in [2.05, 4.69) is 41.4 Å². The van der Waals surface area contributed by atoms with Crippen LogP contribution in [-0.4, -0.2) is 74.6 Å². The zero-order chi connectivity index (χ0) is 25.9. The number of amides is 3. The molecular weight excluding hydrogens is 457 g/mol. The molecule has 0 saturated carbocycles. The number of benzene rings is 1. The number of allylic oxidation sites excluding steroid dienone is 3. The van der Waals surface area contributed by atoms with Crippen LogP contribution in [0, 0.1) is 0 Å². The topological polar surface area (TPSA) is 59.1 Å². The fourth-order valence-corrected chi connectivity index (χ4v) is 5.04. The number of likely N-dealkylation sites (tertiary alicyclic amines) is 2. The summed E-state index contributed by atoms with van der Waals surface area (Å²) in [7, 11) is 2.08. The molecule has 1 aromatic rings. The Kier molecular flexibility index (Phi) is 10.5. The molecule has 2 heterocycles. The maximum Gasteiger partial charge on any atom is 0.321 e. The number of hydrogen-bond donors (Lipinski definition) is 1. The first-order valence-corrected chi connectivity index (χ1v) is 12.9. The smallest absolute Gasteiger partial charge is 0.321 e. The number of piperidine rings is 2. The number of carbonyl (C=O) groups excluding carboxylic acids is 2. The summed E-state index contributed by atoms with van der Waals surface area (Å²) in [5, 5.41) is 2.55. The molecule has 36 heavy (non-hydrogen) atoms. The van der Waals surface area contributed by atoms with Gasteiger partial charge in [0.05, 0.1) is 17.1 Å². The molecule has 2 saturated heterocycles. The van der Waals surface area contributed by atoms with E-state index in [0.717, 1.165) is 37.3 Å². The molecule has 196 valence electrons. The molecule has 0 unspecified atom stereocenters. The van der Waals surface area contributed by atoms with Crippen LogP contribution in [0.4, 0.5) is 20.6 Å². The van der Waals surface area contributed by atoms with E-state index in [4.69, 9.17) is 0 Å². The average Bonchev–Trinajstić information content (AvgIpc) is 2.90. The van der Waals surface area contributed by atoms with E-state index in [9.17, 15) is 14.0 Å². The van der Waals surface area contributed by atoms with Gasteiger partial charge in [0.2, 0.25) is 6.41 Å². The van der Waals surface area contributed by atoms with Gasteiger partial charge in [0, 0.05) is 32.7 Å². The van der Waals surface area contributed by atoms with Gasteiger partial charge in [-0.15, -0.1) is 0 Å². The van der Waals surface area contributed by atoms with E-state index in [1.54, 1.807) is 9.80 Å². The van der Waals surface area contributed by atoms with Crippen LogP contribution in [0.25, 0.3) is 0 Å². The molecule has 8 heteroatoms. The van der Waals surface area contributed by atoms with Gasteiger partial charge < -0.3 is 24.9 Å². The van der Waals surface area contributed by atoms with Crippen LogP contribution in [-0.2, 0) is 4.79 Å². The van der Waals surface area contributed by atoms with Crippen molar-refractivity contribution < 1.29 is 14.0 Å². The second kappa shape index (κ2) is 13.8. The number of urea groups is 1. The first-order valence-electron chi connectivity index (χ1n) is 12.9. The Hall–Kier alpha value is -3.13. The van der Waals surface area contributed by atoms with E-state index in [0.29, 0.717) is 25.9 Å². The van der Waals surface area contributed by atoms with Crippen molar-refractivity contribution in [3.63, 3.8) is 0 Å². The summed E-state index contributed by atoms with van der Waals surface area (Å²) in [6, 6.07) is 7.61. The van der Waals surface area contributed by atoms with Crippen LogP contribution in [0.15, 0.2) is 61.1 Å². The minimum Gasteiger partial charge on any atom is -0.373 e. The first-order chi connectivity index (χ1) is 17.4. The van der Waals surface area contributed by atoms with Crippen LogP contribution in [0.1, 0.15) is 38.5 Å². The number of anilines is 2. The number of rotatable bonds is 11. The fraction of sp³-hybridized carbons (Fsp3) is 0.500. The van der Waals surface area contributed by atoms with Gasteiger partial charge in [-0.2, -0.15) is 0 Å². The maximum atomic E-state index is 13.6. The molecule has 7 nitrogen and oxygen atoms in total. The Morgan fingerprint density at radius 2 is 1.81 bits per heavy atom. The average molecular weight is 498 g/mol. The number of nitrogens with zero attached hydrogens (tertiary/aromatic N) is 4. The molecule has 0 radical (unpaired) electrons. The lowest BCUT2D eigenvalue weighted by Gasteiger charge is -2.38. The van der Waals surface area contributed by atoms with Gasteiger partial charge in [-0.25, -0.2) is 9.18 Å². The maximum absolute atomic E-state index is 13.6. The zero-order valence-corrected chi connectivity index (χ0v) is 21.5. The van der Waals surface area contributed by atoms with Crippen molar-refractivity contribution in [1.82, 2.24) is 15.1 Å². The quantitative estimate of drug-likeness (QED) is 0.356. The summed E-state index contributed by atoms with van der Waals surface area (Å²) in [6.45, 7) is 12.1. The Morgan fingerprint density at radius 1 is 1.14 bits per heavy atom. The number of nitrogens with one attached hydrogen (secondary N) is 1. The molecular formula is C28H40FN5O2. The summed E-state index contributed by atoms with van der Waals surface area (Å²) in [4.78, 5) is 33.1. The number of hydrogen-bond acceptors (Lipinski definition) is 4. The van der Waals surface area contributed by atoms with Crippen LogP contribution in [0.2, 0.25) is 0 Å². The van der Waals surface area contributed by atoms with Crippen molar-refractivity contribution in [2.75, 3.05) is 56.1 Å². The largest absolute Gasteiger partial charge is 0.373 e. The highest BCUT2D eigenvalue weighted by Crippen LogP contribution is 2.32. The molecule has 0 aliphatic carbocycles. The van der Waals surface area contributed by atoms with E-state index >= 15 is 0 Å². The van der Waals surface area contributed by atoms with Crippen molar-refractivity contribution in [1.29, 1.82) is 0 Å². The van der Waals surface area contributed by atoms with Crippen molar-refractivity contribution in [3.8, 4) is 0 Å². The molecule has 1 aromatic carbocycles. The lowest BCUT2D eigenvalue weighted by Crippen LogP contribution is -2.49. The van der Waals surface area contributed by atoms with Gasteiger partial charge in [0.25, 0.3) is 0 Å². The summed E-state index contributed by atoms with van der Waals surface area (Å²) in [5.74, 6) is -0.720. The van der Waals surface area contributed by atoms with Crippen molar-refractivity contribution in [2.45, 2.75) is 44.6 Å². The zero-order valence-electron chi connectivity index (χ0n) is 21.5. The highest BCUT2D eigenvalue weighted by atomic mass is 19.1. The van der Waals surface area contributed by atoms with E-state index in [-0.39, 0.29) is 17.8 Å². The third-order valence-electron chi connectivity index (χ3n) is 7.06. The van der Waals surface area contributed by atoms with Crippen LogP contribution in [0.5, 0.6) is 0 Å². The van der Waals surface area contributed by atoms with Gasteiger partial charge >= 0.3 is 6.03 Å². The Balaban J connectivity index is 1.59. The molecule has 0 aromatic heterocycles. The number of para-hydroxylation sites is 2. The highest BCUT2D eigenvalue weighted by molar-refractivity contribution is 5.85. The number of halogens is 1. The third-order valence-corrected chi connectivity index (χ3v) is 7.06. The fourth-order valence-electron chi connectivity index (χ4n) is 5.04. The highest BCUT2D eigenvalue weighted by Gasteiger charge is 2.29. The standard InChI is InChI=1S/C28H40FN5O2/c1-4-11-25(23(2)29)30-28(36)33-20-14-24(15-21-33)34(22-35)27-13-7-6-12-26(27)31(3)16-10-19-32-17-8-5-9-18-32/h4,6-7,11-13,22,24H,1-2,5,8-10,14-21H2,3H3,(H,30,36)/b25-11+. The van der Waals surface area contributed by atoms with Crippen LogP contribution >= 0.6 is 0 Å². The second-order valence-electron chi connectivity index (χ2n) is 9.55. The monoisotopic (exact) mass is 497 g/mol. The Labute approximate surface area is 214 Å². The minimum atomic E-state index is -0.720. The summed E-state index contributed by atoms with van der Waals surface area (Å²) in [5.41, 5.74) is 1.92. The predicted octanol–water partition coefficient (Wildman–Crippen LogP) is 4.69. The number of carbonyl (C=O) groups is 2. The molecule has 2 fully saturated rings. The Bertz CT molecular complexity index is 936. The van der Waals surface area contributed by atoms with E-state index in [1.807, 2.05) is 18.2 Å². The molecule has 0 spiro atoms. The van der Waals surface area contributed by atoms with E-state index in [1.165, 1.54) is 44.5 Å². The molecule has 3 amide bonds. The lowest BCUT2D eigenvalue weighted by atomic mass is 10.0. The van der Waals surface area contributed by atoms with Gasteiger partial charge in [0.1, 0.15) is 5.83 Å². The van der Waals surface area contributed by atoms with Gasteiger partial charge in [0.15, 0.2) is 0 Å². The van der Waals surface area contributed by atoms with Gasteiger partial charge in [-0.1, -0.05) is 37.8 Å². The molecule has 2 aliphatic heterocycles. The molecule has 3 rings (SSSR count). The molecule has 1 N–H and O–H groups in total. The van der Waals surface area contributed by atoms with Crippen molar-refractivity contribution >= 4 is 23.8 Å². The molecule has 0 atom stereocenters. The summed E-state index contributed by atoms with van der Waals surface area (Å²) < 4.78 is 13.6. The summed E-state index contributed by atoms with van der Waals surface area (Å²) >= 11 is 0. The Morgan fingerprint density at radius 3 is 2.42 bits per heavy atom. The van der Waals surface area contributed by atoms with Gasteiger partial charge in [-0.3, -0.25) is 4.79 Å². The first kappa shape index (κ1) is 27.5. The van der Waals surface area contributed by atoms with Gasteiger partial charge in [-0.05, 0) is 69.9 Å². The third kappa shape index (κ3) is 7.43.